The van der Waals surface area contributed by atoms with Crippen LogP contribution in [0.3, 0.4) is 0 Å². The van der Waals surface area contributed by atoms with E-state index >= 15 is 0 Å². The van der Waals surface area contributed by atoms with E-state index in [4.69, 9.17) is 9.97 Å². The van der Waals surface area contributed by atoms with Gasteiger partial charge in [-0.15, -0.1) is 0 Å². The summed E-state index contributed by atoms with van der Waals surface area (Å²) >= 11 is 0. The van der Waals surface area contributed by atoms with Gasteiger partial charge in [0.15, 0.2) is 0 Å². The fraction of sp³-hybridized carbons (Fsp3) is 0.583. The lowest BCUT2D eigenvalue weighted by molar-refractivity contribution is -0.125. The molecule has 45 heavy (non-hydrogen) atoms. The standard InChI is InChI=1S/C36H46N8O/c1-2-36-13-9-18-41-19-12-27-26-10-3-4-11-28(26)44(32(27)33(36)41)29(25-36)34(45)42-22-20-40(21-23-42)31-24-30(39-14-5-6-15-39)37-35(38-31)43-16-7-8-17-43/h3-4,10-11,24-25,33H,2,5-9,12-23H2,1H3/t33-,36-/m1/s1. The zero-order valence-corrected chi connectivity index (χ0v) is 26.8. The highest BCUT2D eigenvalue weighted by Gasteiger charge is 2.51. The molecule has 0 N–H and O–H groups in total. The van der Waals surface area contributed by atoms with E-state index in [9.17, 15) is 4.79 Å². The number of aromatic nitrogens is 3. The third-order valence-corrected chi connectivity index (χ3v) is 11.9. The van der Waals surface area contributed by atoms with Crippen LogP contribution >= 0.6 is 0 Å². The molecule has 9 heteroatoms. The van der Waals surface area contributed by atoms with E-state index in [0.717, 1.165) is 94.9 Å². The summed E-state index contributed by atoms with van der Waals surface area (Å²) in [6.45, 7) is 11.8. The first-order chi connectivity index (χ1) is 22.1. The van der Waals surface area contributed by atoms with Gasteiger partial charge in [-0.05, 0) is 75.6 Å². The van der Waals surface area contributed by atoms with E-state index < -0.39 is 0 Å². The Hall–Kier alpha value is -3.59. The zero-order chi connectivity index (χ0) is 30.1. The Bertz CT molecular complexity index is 1620. The number of hydrogen-bond donors (Lipinski definition) is 0. The molecule has 0 spiro atoms. The Morgan fingerprint density at radius 3 is 2.24 bits per heavy atom. The molecule has 4 saturated heterocycles. The number of benzene rings is 1. The maximum absolute atomic E-state index is 14.7. The van der Waals surface area contributed by atoms with Crippen molar-refractivity contribution in [1.29, 1.82) is 0 Å². The molecule has 9 nitrogen and oxygen atoms in total. The highest BCUT2D eigenvalue weighted by molar-refractivity contribution is 6.16. The van der Waals surface area contributed by atoms with Crippen molar-refractivity contribution < 1.29 is 4.79 Å². The van der Waals surface area contributed by atoms with Gasteiger partial charge < -0.3 is 24.2 Å². The van der Waals surface area contributed by atoms with E-state index in [1.54, 1.807) is 0 Å². The van der Waals surface area contributed by atoms with Crippen LogP contribution in [-0.2, 0) is 11.2 Å². The first kappa shape index (κ1) is 27.7. The van der Waals surface area contributed by atoms with Crippen LogP contribution in [0, 0.1) is 5.41 Å². The molecule has 0 radical (unpaired) electrons. The van der Waals surface area contributed by atoms with Crippen LogP contribution in [0.5, 0.6) is 0 Å². The van der Waals surface area contributed by atoms with E-state index in [-0.39, 0.29) is 11.3 Å². The molecule has 0 unspecified atom stereocenters. The van der Waals surface area contributed by atoms with Gasteiger partial charge in [-0.3, -0.25) is 9.69 Å². The topological polar surface area (TPSA) is 64.0 Å². The molecule has 3 aromatic rings. The summed E-state index contributed by atoms with van der Waals surface area (Å²) in [5.74, 6) is 3.14. The van der Waals surface area contributed by atoms with Crippen molar-refractivity contribution in [3.05, 3.63) is 47.7 Å². The molecule has 0 saturated carbocycles. The van der Waals surface area contributed by atoms with Crippen LogP contribution in [0.2, 0.25) is 0 Å². The Kier molecular flexibility index (Phi) is 6.62. The minimum absolute atomic E-state index is 0.0174. The molecule has 0 bridgehead atoms. The van der Waals surface area contributed by atoms with Crippen molar-refractivity contribution in [3.8, 4) is 0 Å². The third kappa shape index (κ3) is 4.32. The van der Waals surface area contributed by atoms with Gasteiger partial charge in [-0.1, -0.05) is 25.1 Å². The Morgan fingerprint density at radius 1 is 0.822 bits per heavy atom. The molecule has 6 aliphatic heterocycles. The number of piperidine rings is 1. The first-order valence-electron chi connectivity index (χ1n) is 17.7. The summed E-state index contributed by atoms with van der Waals surface area (Å²) in [5.41, 5.74) is 4.98. The van der Waals surface area contributed by atoms with Crippen LogP contribution in [-0.4, -0.2) is 95.7 Å². The van der Waals surface area contributed by atoms with E-state index in [0.29, 0.717) is 19.1 Å². The second kappa shape index (κ2) is 10.7. The van der Waals surface area contributed by atoms with E-state index in [1.165, 1.54) is 54.3 Å². The van der Waals surface area contributed by atoms with Gasteiger partial charge in [-0.2, -0.15) is 9.97 Å². The van der Waals surface area contributed by atoms with Gasteiger partial charge >= 0.3 is 0 Å². The SMILES string of the molecule is CC[C@]12C=C(C(=O)N3CCN(c4cc(N5CCCC5)nc(N5CCCC5)n4)CC3)n3c4c(c5ccccc53)CCN(CCC1)[C@H]42. The number of carbonyl (C=O) groups is 1. The Morgan fingerprint density at radius 2 is 1.51 bits per heavy atom. The molecular weight excluding hydrogens is 560 g/mol. The molecule has 9 rings (SSSR count). The molecule has 1 amide bonds. The van der Waals surface area contributed by atoms with Crippen LogP contribution < -0.4 is 14.7 Å². The number of carbonyl (C=O) groups excluding carboxylic acids is 1. The number of amides is 1. The predicted molar refractivity (Wildman–Crippen MR) is 180 cm³/mol. The lowest BCUT2D eigenvalue weighted by Crippen LogP contribution is -2.53. The molecule has 6 aliphatic rings. The van der Waals surface area contributed by atoms with Gasteiger partial charge in [0.05, 0.1) is 11.6 Å². The summed E-state index contributed by atoms with van der Waals surface area (Å²) < 4.78 is 2.38. The molecule has 2 aromatic heterocycles. The fourth-order valence-electron chi connectivity index (χ4n) is 9.48. The molecule has 8 heterocycles. The average Bonchev–Trinajstić information content (AvgIpc) is 3.89. The van der Waals surface area contributed by atoms with Gasteiger partial charge in [0, 0.05) is 81.5 Å². The van der Waals surface area contributed by atoms with Gasteiger partial charge in [0.25, 0.3) is 5.91 Å². The summed E-state index contributed by atoms with van der Waals surface area (Å²) in [6.07, 6.45) is 11.8. The number of hydrogen-bond acceptors (Lipinski definition) is 7. The maximum Gasteiger partial charge on any atom is 0.270 e. The predicted octanol–water partition coefficient (Wildman–Crippen LogP) is 4.92. The van der Waals surface area contributed by atoms with Crippen molar-refractivity contribution in [2.75, 3.05) is 80.1 Å². The molecule has 4 fully saturated rings. The Labute approximate surface area is 266 Å². The second-order valence-electron chi connectivity index (χ2n) is 14.2. The van der Waals surface area contributed by atoms with Gasteiger partial charge in [0.2, 0.25) is 5.95 Å². The number of anilines is 3. The minimum Gasteiger partial charge on any atom is -0.356 e. The Balaban J connectivity index is 1.03. The quantitative estimate of drug-likeness (QED) is 0.409. The molecule has 236 valence electrons. The van der Waals surface area contributed by atoms with Crippen molar-refractivity contribution in [2.45, 2.75) is 64.3 Å². The number of piperazine rings is 1. The monoisotopic (exact) mass is 606 g/mol. The molecule has 2 atom stereocenters. The highest BCUT2D eigenvalue weighted by Crippen LogP contribution is 2.57. The van der Waals surface area contributed by atoms with Crippen molar-refractivity contribution >= 4 is 40.1 Å². The summed E-state index contributed by atoms with van der Waals surface area (Å²) in [5, 5.41) is 1.33. The lowest BCUT2D eigenvalue weighted by Gasteiger charge is -2.53. The molecule has 0 aliphatic carbocycles. The van der Waals surface area contributed by atoms with Crippen LogP contribution in [0.4, 0.5) is 17.6 Å². The van der Waals surface area contributed by atoms with Crippen molar-refractivity contribution in [3.63, 3.8) is 0 Å². The number of rotatable bonds is 5. The fourth-order valence-corrected chi connectivity index (χ4v) is 9.48. The van der Waals surface area contributed by atoms with E-state index in [2.05, 4.69) is 72.4 Å². The minimum atomic E-state index is 0.0174. The summed E-state index contributed by atoms with van der Waals surface area (Å²) in [6, 6.07) is 11.4. The average molecular weight is 607 g/mol. The largest absolute Gasteiger partial charge is 0.356 e. The van der Waals surface area contributed by atoms with Crippen LogP contribution in [0.25, 0.3) is 16.6 Å². The number of fused-ring (bicyclic) bond motifs is 3. The molecular formula is C36H46N8O. The normalized spacial score (nSPS) is 26.5. The molecule has 1 aromatic carbocycles. The second-order valence-corrected chi connectivity index (χ2v) is 14.2. The first-order valence-corrected chi connectivity index (χ1v) is 17.7. The third-order valence-electron chi connectivity index (χ3n) is 11.9. The lowest BCUT2D eigenvalue weighted by atomic mass is 9.66. The highest BCUT2D eigenvalue weighted by atomic mass is 16.2. The van der Waals surface area contributed by atoms with Crippen molar-refractivity contribution in [1.82, 2.24) is 24.3 Å². The zero-order valence-electron chi connectivity index (χ0n) is 26.8. The van der Waals surface area contributed by atoms with Crippen molar-refractivity contribution in [2.24, 2.45) is 5.41 Å². The van der Waals surface area contributed by atoms with E-state index in [1.807, 2.05) is 0 Å². The number of nitrogens with zero attached hydrogens (tertiary/aromatic N) is 8. The smallest absolute Gasteiger partial charge is 0.270 e. The summed E-state index contributed by atoms with van der Waals surface area (Å²) in [4.78, 5) is 36.8. The summed E-state index contributed by atoms with van der Waals surface area (Å²) in [7, 11) is 0. The maximum atomic E-state index is 14.7. The van der Waals surface area contributed by atoms with Gasteiger partial charge in [-0.25, -0.2) is 0 Å². The van der Waals surface area contributed by atoms with Crippen LogP contribution in [0.1, 0.15) is 69.2 Å². The van der Waals surface area contributed by atoms with Gasteiger partial charge in [0.1, 0.15) is 17.3 Å². The van der Waals surface area contributed by atoms with Crippen LogP contribution in [0.15, 0.2) is 36.4 Å². The number of para-hydroxylation sites is 1.